The minimum absolute atomic E-state index is 0.0467. The standard InChI is InChI=1S/C14H17N3O3/c1-17(2)14-15-7-6-13(16-14)20-11-5-4-10(9-18)8-12(11)19-3/h4-8,18H,9H2,1-3H3. The van der Waals surface area contributed by atoms with Crippen LogP contribution < -0.4 is 14.4 Å². The SMILES string of the molecule is COc1cc(CO)ccc1Oc1ccnc(N(C)C)n1. The fourth-order valence-corrected chi connectivity index (χ4v) is 1.61. The number of hydrogen-bond donors (Lipinski definition) is 1. The second-order valence-corrected chi connectivity index (χ2v) is 4.33. The quantitative estimate of drug-likeness (QED) is 0.898. The van der Waals surface area contributed by atoms with Gasteiger partial charge in [0.15, 0.2) is 11.5 Å². The normalized spacial score (nSPS) is 10.2. The fraction of sp³-hybridized carbons (Fsp3) is 0.286. The van der Waals surface area contributed by atoms with Gasteiger partial charge in [-0.3, -0.25) is 0 Å². The van der Waals surface area contributed by atoms with Gasteiger partial charge in [-0.1, -0.05) is 6.07 Å². The molecule has 0 unspecified atom stereocenters. The lowest BCUT2D eigenvalue weighted by Crippen LogP contribution is -2.12. The average molecular weight is 275 g/mol. The summed E-state index contributed by atoms with van der Waals surface area (Å²) in [6.45, 7) is -0.0467. The Labute approximate surface area is 117 Å². The Bertz CT molecular complexity index is 588. The number of aliphatic hydroxyl groups excluding tert-OH is 1. The summed E-state index contributed by atoms with van der Waals surface area (Å²) < 4.78 is 11.0. The third kappa shape index (κ3) is 3.16. The van der Waals surface area contributed by atoms with Crippen molar-refractivity contribution in [3.05, 3.63) is 36.0 Å². The zero-order chi connectivity index (χ0) is 14.5. The molecule has 0 atom stereocenters. The predicted molar refractivity (Wildman–Crippen MR) is 75.3 cm³/mol. The number of nitrogens with zero attached hydrogens (tertiary/aromatic N) is 3. The summed E-state index contributed by atoms with van der Waals surface area (Å²) in [6.07, 6.45) is 1.63. The molecular formula is C14H17N3O3. The van der Waals surface area contributed by atoms with Crippen molar-refractivity contribution in [1.82, 2.24) is 9.97 Å². The van der Waals surface area contributed by atoms with Gasteiger partial charge in [-0.05, 0) is 17.7 Å². The van der Waals surface area contributed by atoms with Crippen LogP contribution in [0.4, 0.5) is 5.95 Å². The number of anilines is 1. The first kappa shape index (κ1) is 14.1. The molecule has 0 saturated heterocycles. The summed E-state index contributed by atoms with van der Waals surface area (Å²) in [4.78, 5) is 10.2. The molecule has 0 saturated carbocycles. The molecule has 2 rings (SSSR count). The van der Waals surface area contributed by atoms with Crippen LogP contribution in [0.25, 0.3) is 0 Å². The second kappa shape index (κ2) is 6.21. The summed E-state index contributed by atoms with van der Waals surface area (Å²) in [5.41, 5.74) is 0.755. The van der Waals surface area contributed by atoms with Crippen LogP contribution >= 0.6 is 0 Å². The Balaban J connectivity index is 2.27. The van der Waals surface area contributed by atoms with Gasteiger partial charge in [0.2, 0.25) is 11.8 Å². The van der Waals surface area contributed by atoms with E-state index in [9.17, 15) is 0 Å². The molecule has 1 aromatic carbocycles. The first-order chi connectivity index (χ1) is 9.63. The van der Waals surface area contributed by atoms with Crippen LogP contribution in [0.15, 0.2) is 30.5 Å². The summed E-state index contributed by atoms with van der Waals surface area (Å²) in [7, 11) is 5.26. The number of methoxy groups -OCH3 is 1. The highest BCUT2D eigenvalue weighted by atomic mass is 16.5. The maximum Gasteiger partial charge on any atom is 0.228 e. The van der Waals surface area contributed by atoms with Crippen molar-refractivity contribution in [2.24, 2.45) is 0 Å². The van der Waals surface area contributed by atoms with Crippen molar-refractivity contribution in [3.63, 3.8) is 0 Å². The van der Waals surface area contributed by atoms with Crippen molar-refractivity contribution in [2.45, 2.75) is 6.61 Å². The topological polar surface area (TPSA) is 67.7 Å². The van der Waals surface area contributed by atoms with E-state index in [4.69, 9.17) is 14.6 Å². The summed E-state index contributed by atoms with van der Waals surface area (Å²) in [5.74, 6) is 2.07. The van der Waals surface area contributed by atoms with E-state index in [0.717, 1.165) is 5.56 Å². The first-order valence-corrected chi connectivity index (χ1v) is 6.10. The van der Waals surface area contributed by atoms with Gasteiger partial charge >= 0.3 is 0 Å². The van der Waals surface area contributed by atoms with Gasteiger partial charge in [0.1, 0.15) is 0 Å². The average Bonchev–Trinajstić information content (AvgIpc) is 2.48. The molecule has 0 radical (unpaired) electrons. The highest BCUT2D eigenvalue weighted by Crippen LogP contribution is 2.31. The van der Waals surface area contributed by atoms with Crippen molar-refractivity contribution in [3.8, 4) is 17.4 Å². The molecule has 1 N–H and O–H groups in total. The molecule has 0 aliphatic rings. The lowest BCUT2D eigenvalue weighted by molar-refractivity contribution is 0.280. The van der Waals surface area contributed by atoms with Gasteiger partial charge in [0.05, 0.1) is 13.7 Å². The van der Waals surface area contributed by atoms with E-state index in [1.807, 2.05) is 14.1 Å². The molecule has 1 aromatic heterocycles. The lowest BCUT2D eigenvalue weighted by atomic mass is 10.2. The van der Waals surface area contributed by atoms with Gasteiger partial charge < -0.3 is 19.5 Å². The minimum atomic E-state index is -0.0467. The van der Waals surface area contributed by atoms with Crippen molar-refractivity contribution in [1.29, 1.82) is 0 Å². The molecule has 0 bridgehead atoms. The third-order valence-corrected chi connectivity index (χ3v) is 2.64. The lowest BCUT2D eigenvalue weighted by Gasteiger charge is -2.13. The first-order valence-electron chi connectivity index (χ1n) is 6.10. The van der Waals surface area contributed by atoms with Crippen LogP contribution in [0.5, 0.6) is 17.4 Å². The van der Waals surface area contributed by atoms with Crippen LogP contribution in [0.1, 0.15) is 5.56 Å². The van der Waals surface area contributed by atoms with Gasteiger partial charge in [0.25, 0.3) is 0 Å². The van der Waals surface area contributed by atoms with Crippen LogP contribution in [0, 0.1) is 0 Å². The largest absolute Gasteiger partial charge is 0.493 e. The third-order valence-electron chi connectivity index (χ3n) is 2.64. The maximum absolute atomic E-state index is 9.11. The van der Waals surface area contributed by atoms with Crippen LogP contribution in [-0.4, -0.2) is 36.3 Å². The summed E-state index contributed by atoms with van der Waals surface area (Å²) in [5, 5.41) is 9.11. The van der Waals surface area contributed by atoms with Gasteiger partial charge in [-0.2, -0.15) is 4.98 Å². The van der Waals surface area contributed by atoms with Gasteiger partial charge in [-0.15, -0.1) is 0 Å². The number of ether oxygens (including phenoxy) is 2. The van der Waals surface area contributed by atoms with Crippen molar-refractivity contribution in [2.75, 3.05) is 26.1 Å². The second-order valence-electron chi connectivity index (χ2n) is 4.33. The molecule has 20 heavy (non-hydrogen) atoms. The number of benzene rings is 1. The zero-order valence-corrected chi connectivity index (χ0v) is 11.7. The van der Waals surface area contributed by atoms with Crippen LogP contribution in [0.3, 0.4) is 0 Å². The molecule has 0 fully saturated rings. The smallest absolute Gasteiger partial charge is 0.228 e. The number of aromatic nitrogens is 2. The highest BCUT2D eigenvalue weighted by Gasteiger charge is 2.09. The van der Waals surface area contributed by atoms with Crippen molar-refractivity contribution < 1.29 is 14.6 Å². The molecule has 6 heteroatoms. The molecule has 1 heterocycles. The molecule has 2 aromatic rings. The van der Waals surface area contributed by atoms with E-state index in [1.54, 1.807) is 42.5 Å². The minimum Gasteiger partial charge on any atom is -0.493 e. The summed E-state index contributed by atoms with van der Waals surface area (Å²) >= 11 is 0. The Kier molecular flexibility index (Phi) is 4.37. The molecule has 0 amide bonds. The molecule has 0 aliphatic heterocycles. The molecule has 106 valence electrons. The van der Waals surface area contributed by atoms with Gasteiger partial charge in [0, 0.05) is 26.4 Å². The number of hydrogen-bond acceptors (Lipinski definition) is 6. The Hall–Kier alpha value is -2.34. The van der Waals surface area contributed by atoms with Crippen molar-refractivity contribution >= 4 is 5.95 Å². The Morgan fingerprint density at radius 2 is 2.00 bits per heavy atom. The highest BCUT2D eigenvalue weighted by molar-refractivity contribution is 5.44. The van der Waals surface area contributed by atoms with E-state index in [-0.39, 0.29) is 6.61 Å². The predicted octanol–water partition coefficient (Wildman–Crippen LogP) is 1.84. The summed E-state index contributed by atoms with van der Waals surface area (Å²) in [6, 6.07) is 6.91. The molecule has 0 aliphatic carbocycles. The van der Waals surface area contributed by atoms with Crippen LogP contribution in [0.2, 0.25) is 0 Å². The van der Waals surface area contributed by atoms with E-state index in [2.05, 4.69) is 9.97 Å². The molecule has 6 nitrogen and oxygen atoms in total. The van der Waals surface area contributed by atoms with Gasteiger partial charge in [-0.25, -0.2) is 4.98 Å². The van der Waals surface area contributed by atoms with E-state index >= 15 is 0 Å². The number of aliphatic hydroxyl groups is 1. The monoisotopic (exact) mass is 275 g/mol. The van der Waals surface area contributed by atoms with Crippen LogP contribution in [-0.2, 0) is 6.61 Å². The molecular weight excluding hydrogens is 258 g/mol. The van der Waals surface area contributed by atoms with E-state index < -0.39 is 0 Å². The number of rotatable bonds is 5. The zero-order valence-electron chi connectivity index (χ0n) is 11.7. The van der Waals surface area contributed by atoms with E-state index in [0.29, 0.717) is 23.3 Å². The maximum atomic E-state index is 9.11. The fourth-order valence-electron chi connectivity index (χ4n) is 1.61. The molecule has 0 spiro atoms. The Morgan fingerprint density at radius 3 is 2.65 bits per heavy atom. The van der Waals surface area contributed by atoms with E-state index in [1.165, 1.54) is 0 Å². The Morgan fingerprint density at radius 1 is 1.20 bits per heavy atom.